The first kappa shape index (κ1) is 28.6. The smallest absolute Gasteiger partial charge is 0.0851 e. The van der Waals surface area contributed by atoms with E-state index in [2.05, 4.69) is 31.1 Å². The number of nitrogens with zero attached hydrogens (tertiary/aromatic N) is 6. The molecule has 207 valence electrons. The first-order valence-corrected chi connectivity index (χ1v) is 13.2. The normalized spacial score (nSPS) is 19.6. The monoisotopic (exact) mass is 569 g/mol. The summed E-state index contributed by atoms with van der Waals surface area (Å²) in [5.74, 6) is -0.170. The maximum atomic E-state index is 11.9. The van der Waals surface area contributed by atoms with Gasteiger partial charge in [0.05, 0.1) is 11.4 Å². The summed E-state index contributed by atoms with van der Waals surface area (Å²) in [5.41, 5.74) is 0.859. The average Bonchev–Trinajstić information content (AvgIpc) is 2.97. The Kier molecular flexibility index (Phi) is 10.4. The van der Waals surface area contributed by atoms with E-state index in [1.807, 2.05) is 60.7 Å². The van der Waals surface area contributed by atoms with Crippen LogP contribution in [-0.4, -0.2) is 25.4 Å². The van der Waals surface area contributed by atoms with Gasteiger partial charge in [-0.3, -0.25) is 0 Å². The Labute approximate surface area is 239 Å². The predicted octanol–water partition coefficient (Wildman–Crippen LogP) is 7.76. The molecule has 2 fully saturated rings. The van der Waals surface area contributed by atoms with E-state index >= 15 is 0 Å². The molecule has 2 heterocycles. The minimum atomic E-state index is -0.0849. The molecule has 0 spiro atoms. The van der Waals surface area contributed by atoms with Gasteiger partial charge in [0, 0.05) is 27.8 Å². The Morgan fingerprint density at radius 1 is 0.564 bits per heavy atom. The molecular formula is C30H30CuN6O2-4. The second kappa shape index (κ2) is 14.1. The zero-order valence-electron chi connectivity index (χ0n) is 21.5. The van der Waals surface area contributed by atoms with Gasteiger partial charge in [0.2, 0.25) is 0 Å². The molecule has 2 saturated heterocycles. The maximum absolute atomic E-state index is 11.9. The van der Waals surface area contributed by atoms with Crippen LogP contribution in [0.1, 0.15) is 38.5 Å². The number of piperidine rings is 2. The number of hydrogen-bond acceptors (Lipinski definition) is 6. The van der Waals surface area contributed by atoms with Crippen molar-refractivity contribution in [3.63, 3.8) is 0 Å². The summed E-state index contributed by atoms with van der Waals surface area (Å²) in [6.07, 6.45) is 6.24. The van der Waals surface area contributed by atoms with Crippen LogP contribution in [0.3, 0.4) is 0 Å². The fourth-order valence-corrected chi connectivity index (χ4v) is 4.65. The van der Waals surface area contributed by atoms with Crippen molar-refractivity contribution in [1.29, 1.82) is 0 Å². The van der Waals surface area contributed by atoms with Gasteiger partial charge in [0.1, 0.15) is 0 Å². The Morgan fingerprint density at radius 3 is 1.41 bits per heavy atom. The van der Waals surface area contributed by atoms with E-state index in [1.165, 1.54) is 0 Å². The van der Waals surface area contributed by atoms with Crippen molar-refractivity contribution in [2.75, 3.05) is 13.1 Å². The van der Waals surface area contributed by atoms with Gasteiger partial charge in [-0.25, -0.2) is 10.2 Å². The summed E-state index contributed by atoms with van der Waals surface area (Å²) in [5, 5.41) is 53.2. The van der Waals surface area contributed by atoms with Gasteiger partial charge in [-0.05, 0) is 35.9 Å². The zero-order valence-corrected chi connectivity index (χ0v) is 22.5. The van der Waals surface area contributed by atoms with E-state index in [-0.39, 0.29) is 40.9 Å². The number of hydrogen-bond donors (Lipinski definition) is 0. The SMILES string of the molecule is [Cu].[O-]c1ccc2ccccc2c1N=NC1CCCC[N-]1.[O-]c1ccc2ccccc2c1N=NC1CCCC[N-]1. The van der Waals surface area contributed by atoms with Crippen LogP contribution in [0, 0.1) is 0 Å². The molecule has 2 aliphatic rings. The van der Waals surface area contributed by atoms with Crippen LogP contribution in [0.4, 0.5) is 11.4 Å². The molecule has 0 N–H and O–H groups in total. The first-order chi connectivity index (χ1) is 18.7. The van der Waals surface area contributed by atoms with Crippen molar-refractivity contribution in [3.8, 4) is 11.5 Å². The third kappa shape index (κ3) is 7.40. The standard InChI is InChI=1S/2C15H16N3O.Cu/c2*19-13-9-8-11-5-1-2-6-12(11)15(13)18-17-14-7-3-4-10-16-14;/h2*1-2,5-6,8-9,14,19H,3-4,7,10H2;/q2*-1;/p-2. The molecule has 2 atom stereocenters. The second-order valence-corrected chi connectivity index (χ2v) is 9.46. The summed E-state index contributed by atoms with van der Waals surface area (Å²) >= 11 is 0. The summed E-state index contributed by atoms with van der Waals surface area (Å²) in [7, 11) is 0. The van der Waals surface area contributed by atoms with E-state index in [9.17, 15) is 10.2 Å². The topological polar surface area (TPSA) is 124 Å². The Morgan fingerprint density at radius 2 is 1.00 bits per heavy atom. The van der Waals surface area contributed by atoms with Gasteiger partial charge in [-0.15, -0.1) is 13.1 Å². The van der Waals surface area contributed by atoms with Gasteiger partial charge < -0.3 is 20.8 Å². The van der Waals surface area contributed by atoms with Crippen LogP contribution in [-0.2, 0) is 17.1 Å². The second-order valence-electron chi connectivity index (χ2n) is 9.46. The number of fused-ring (bicyclic) bond motifs is 2. The summed E-state index contributed by atoms with van der Waals surface area (Å²) < 4.78 is 0. The summed E-state index contributed by atoms with van der Waals surface area (Å²) in [6.45, 7) is 1.70. The molecule has 0 aliphatic carbocycles. The number of benzene rings is 4. The quantitative estimate of drug-likeness (QED) is 0.184. The van der Waals surface area contributed by atoms with Crippen LogP contribution in [0.5, 0.6) is 11.5 Å². The van der Waals surface area contributed by atoms with Gasteiger partial charge >= 0.3 is 0 Å². The number of rotatable bonds is 4. The summed E-state index contributed by atoms with van der Waals surface area (Å²) in [4.78, 5) is 0. The number of azo groups is 2. The Balaban J connectivity index is 0.000000176. The van der Waals surface area contributed by atoms with Crippen LogP contribution in [0.15, 0.2) is 93.3 Å². The minimum Gasteiger partial charge on any atom is -0.871 e. The van der Waals surface area contributed by atoms with Crippen LogP contribution in [0.2, 0.25) is 0 Å². The molecule has 6 rings (SSSR count). The molecule has 4 aromatic rings. The molecule has 8 nitrogen and oxygen atoms in total. The van der Waals surface area contributed by atoms with Crippen molar-refractivity contribution < 1.29 is 27.3 Å². The van der Waals surface area contributed by atoms with Crippen LogP contribution in [0.25, 0.3) is 32.2 Å². The van der Waals surface area contributed by atoms with E-state index in [4.69, 9.17) is 0 Å². The predicted molar refractivity (Wildman–Crippen MR) is 148 cm³/mol. The van der Waals surface area contributed by atoms with Gasteiger partial charge in [-0.1, -0.05) is 110 Å². The van der Waals surface area contributed by atoms with E-state index in [0.717, 1.165) is 73.2 Å². The van der Waals surface area contributed by atoms with E-state index < -0.39 is 0 Å². The van der Waals surface area contributed by atoms with Crippen LogP contribution >= 0.6 is 0 Å². The third-order valence-electron chi connectivity index (χ3n) is 6.73. The van der Waals surface area contributed by atoms with Gasteiger partial charge in [-0.2, -0.15) is 10.2 Å². The molecule has 0 saturated carbocycles. The summed E-state index contributed by atoms with van der Waals surface area (Å²) in [6, 6.07) is 22.2. The molecule has 0 bridgehead atoms. The zero-order chi connectivity index (χ0) is 26.2. The average molecular weight is 570 g/mol. The largest absolute Gasteiger partial charge is 0.871 e. The van der Waals surface area contributed by atoms with Crippen molar-refractivity contribution in [1.82, 2.24) is 0 Å². The Bertz CT molecular complexity index is 1320. The van der Waals surface area contributed by atoms with E-state index in [0.29, 0.717) is 11.4 Å². The van der Waals surface area contributed by atoms with Crippen molar-refractivity contribution in [2.45, 2.75) is 50.9 Å². The fraction of sp³-hybridized carbons (Fsp3) is 0.333. The molecule has 2 aliphatic heterocycles. The maximum Gasteiger partial charge on any atom is 0.0851 e. The fourth-order valence-electron chi connectivity index (χ4n) is 4.65. The molecule has 9 heteroatoms. The minimum absolute atomic E-state index is 0. The van der Waals surface area contributed by atoms with Gasteiger partial charge in [0.15, 0.2) is 0 Å². The van der Waals surface area contributed by atoms with Crippen molar-refractivity contribution >= 4 is 32.9 Å². The van der Waals surface area contributed by atoms with Gasteiger partial charge in [0.25, 0.3) is 0 Å². The Hall–Kier alpha value is -3.36. The first-order valence-electron chi connectivity index (χ1n) is 13.2. The molecule has 0 aromatic heterocycles. The third-order valence-corrected chi connectivity index (χ3v) is 6.73. The molecule has 4 aromatic carbocycles. The molecule has 39 heavy (non-hydrogen) atoms. The molecule has 2 unspecified atom stereocenters. The van der Waals surface area contributed by atoms with Crippen molar-refractivity contribution in [3.05, 3.63) is 83.4 Å². The molecule has 0 amide bonds. The van der Waals surface area contributed by atoms with Crippen molar-refractivity contribution in [2.24, 2.45) is 20.5 Å². The van der Waals surface area contributed by atoms with E-state index in [1.54, 1.807) is 12.1 Å². The molecule has 1 radical (unpaired) electrons. The molecular weight excluding hydrogens is 540 g/mol. The van der Waals surface area contributed by atoms with Crippen LogP contribution < -0.4 is 10.2 Å².